The Hall–Kier alpha value is -2.59. The standard InChI is InChI=1S/C18H19F2N3O4S/c1-12(15-6-4-13(19)10-16(15)20)21-17-7-5-14(11-18(17)23(24)25)28(26,27)22-8-2-3-9-22/h4-7,10-12,21H,2-3,8-9H2,1H3/t12-/m0/s1. The first kappa shape index (κ1) is 20.2. The highest BCUT2D eigenvalue weighted by Crippen LogP contribution is 2.33. The summed E-state index contributed by atoms with van der Waals surface area (Å²) in [7, 11) is -3.80. The molecular weight excluding hydrogens is 392 g/mol. The second kappa shape index (κ2) is 7.80. The highest BCUT2D eigenvalue weighted by Gasteiger charge is 2.29. The molecule has 2 aromatic carbocycles. The van der Waals surface area contributed by atoms with Gasteiger partial charge in [-0.2, -0.15) is 4.31 Å². The molecule has 150 valence electrons. The summed E-state index contributed by atoms with van der Waals surface area (Å²) in [4.78, 5) is 10.6. The van der Waals surface area contributed by atoms with Crippen molar-refractivity contribution in [2.75, 3.05) is 18.4 Å². The number of anilines is 1. The van der Waals surface area contributed by atoms with E-state index < -0.39 is 38.3 Å². The minimum absolute atomic E-state index is 0.0431. The van der Waals surface area contributed by atoms with Gasteiger partial charge in [-0.15, -0.1) is 0 Å². The number of benzene rings is 2. The lowest BCUT2D eigenvalue weighted by Crippen LogP contribution is -2.27. The van der Waals surface area contributed by atoms with E-state index >= 15 is 0 Å². The van der Waals surface area contributed by atoms with Crippen LogP contribution >= 0.6 is 0 Å². The third-order valence-electron chi connectivity index (χ3n) is 4.67. The first-order chi connectivity index (χ1) is 13.2. The Morgan fingerprint density at radius 3 is 2.43 bits per heavy atom. The summed E-state index contributed by atoms with van der Waals surface area (Å²) >= 11 is 0. The van der Waals surface area contributed by atoms with Gasteiger partial charge >= 0.3 is 0 Å². The Morgan fingerprint density at radius 1 is 1.14 bits per heavy atom. The normalized spacial score (nSPS) is 16.1. The van der Waals surface area contributed by atoms with E-state index in [0.29, 0.717) is 13.1 Å². The smallest absolute Gasteiger partial charge is 0.293 e. The van der Waals surface area contributed by atoms with E-state index in [4.69, 9.17) is 0 Å². The van der Waals surface area contributed by atoms with E-state index in [1.54, 1.807) is 6.92 Å². The second-order valence-electron chi connectivity index (χ2n) is 6.58. The van der Waals surface area contributed by atoms with Gasteiger partial charge in [0.05, 0.1) is 15.9 Å². The Morgan fingerprint density at radius 2 is 1.82 bits per heavy atom. The molecule has 1 aliphatic rings. The van der Waals surface area contributed by atoms with Gasteiger partial charge in [0.2, 0.25) is 10.0 Å². The zero-order chi connectivity index (χ0) is 20.5. The SMILES string of the molecule is C[C@H](Nc1ccc(S(=O)(=O)N2CCCC2)cc1[N+](=O)[O-])c1ccc(F)cc1F. The summed E-state index contributed by atoms with van der Waals surface area (Å²) in [5.74, 6) is -1.51. The van der Waals surface area contributed by atoms with Crippen molar-refractivity contribution in [3.63, 3.8) is 0 Å². The van der Waals surface area contributed by atoms with Crippen LogP contribution in [0, 0.1) is 21.7 Å². The molecule has 0 bridgehead atoms. The van der Waals surface area contributed by atoms with Crippen LogP contribution in [0.1, 0.15) is 31.4 Å². The van der Waals surface area contributed by atoms with E-state index in [1.165, 1.54) is 22.5 Å². The lowest BCUT2D eigenvalue weighted by molar-refractivity contribution is -0.384. The van der Waals surface area contributed by atoms with E-state index in [2.05, 4.69) is 5.32 Å². The molecule has 0 unspecified atom stereocenters. The predicted molar refractivity (Wildman–Crippen MR) is 99.5 cm³/mol. The molecule has 1 aliphatic heterocycles. The Balaban J connectivity index is 1.92. The largest absolute Gasteiger partial charge is 0.373 e. The van der Waals surface area contributed by atoms with Crippen LogP contribution in [0.25, 0.3) is 0 Å². The van der Waals surface area contributed by atoms with Gasteiger partial charge in [0.15, 0.2) is 0 Å². The molecule has 1 atom stereocenters. The molecule has 0 aliphatic carbocycles. The van der Waals surface area contributed by atoms with Gasteiger partial charge in [-0.25, -0.2) is 17.2 Å². The predicted octanol–water partition coefficient (Wildman–Crippen LogP) is 3.83. The third-order valence-corrected chi connectivity index (χ3v) is 6.56. The summed E-state index contributed by atoms with van der Waals surface area (Å²) in [6.45, 7) is 2.34. The van der Waals surface area contributed by atoms with Crippen molar-refractivity contribution in [1.29, 1.82) is 0 Å². The summed E-state index contributed by atoms with van der Waals surface area (Å²) < 4.78 is 53.6. The quantitative estimate of drug-likeness (QED) is 0.576. The molecule has 3 rings (SSSR count). The number of nitro benzene ring substituents is 1. The molecular formula is C18H19F2N3O4S. The maximum Gasteiger partial charge on any atom is 0.293 e. The van der Waals surface area contributed by atoms with E-state index in [0.717, 1.165) is 31.0 Å². The van der Waals surface area contributed by atoms with Gasteiger partial charge in [-0.3, -0.25) is 10.1 Å². The number of nitro groups is 1. The molecule has 1 heterocycles. The van der Waals surface area contributed by atoms with Gasteiger partial charge in [-0.05, 0) is 38.0 Å². The minimum atomic E-state index is -3.80. The molecule has 0 radical (unpaired) electrons. The lowest BCUT2D eigenvalue weighted by atomic mass is 10.1. The monoisotopic (exact) mass is 411 g/mol. The van der Waals surface area contributed by atoms with Crippen LogP contribution in [-0.2, 0) is 10.0 Å². The number of rotatable bonds is 6. The topological polar surface area (TPSA) is 92.6 Å². The molecule has 1 fully saturated rings. The second-order valence-corrected chi connectivity index (χ2v) is 8.52. The van der Waals surface area contributed by atoms with Crippen LogP contribution in [0.3, 0.4) is 0 Å². The van der Waals surface area contributed by atoms with Crippen LogP contribution in [-0.4, -0.2) is 30.7 Å². The summed E-state index contributed by atoms with van der Waals surface area (Å²) in [5, 5.41) is 14.3. The fourth-order valence-electron chi connectivity index (χ4n) is 3.19. The van der Waals surface area contributed by atoms with Crippen LogP contribution in [0.5, 0.6) is 0 Å². The van der Waals surface area contributed by atoms with Gasteiger partial charge < -0.3 is 5.32 Å². The number of hydrogen-bond donors (Lipinski definition) is 1. The van der Waals surface area contributed by atoms with E-state index in [-0.39, 0.29) is 16.1 Å². The van der Waals surface area contributed by atoms with Crippen molar-refractivity contribution in [1.82, 2.24) is 4.31 Å². The molecule has 7 nitrogen and oxygen atoms in total. The first-order valence-corrected chi connectivity index (χ1v) is 10.1. The van der Waals surface area contributed by atoms with Gasteiger partial charge in [0.25, 0.3) is 5.69 Å². The maximum absolute atomic E-state index is 14.0. The van der Waals surface area contributed by atoms with Gasteiger partial charge in [0, 0.05) is 30.8 Å². The van der Waals surface area contributed by atoms with E-state index in [1.807, 2.05) is 0 Å². The molecule has 10 heteroatoms. The molecule has 28 heavy (non-hydrogen) atoms. The fourth-order valence-corrected chi connectivity index (χ4v) is 4.72. The zero-order valence-corrected chi connectivity index (χ0v) is 15.9. The molecule has 1 N–H and O–H groups in total. The van der Waals surface area contributed by atoms with Crippen molar-refractivity contribution in [3.05, 3.63) is 63.7 Å². The Bertz CT molecular complexity index is 1010. The molecule has 0 saturated carbocycles. The Kier molecular flexibility index (Phi) is 5.61. The number of halogens is 2. The van der Waals surface area contributed by atoms with Crippen LogP contribution in [0.2, 0.25) is 0 Å². The van der Waals surface area contributed by atoms with Gasteiger partial charge in [0.1, 0.15) is 17.3 Å². The Labute approximate surface area is 161 Å². The van der Waals surface area contributed by atoms with Crippen molar-refractivity contribution >= 4 is 21.4 Å². The lowest BCUT2D eigenvalue weighted by Gasteiger charge is -2.18. The number of nitrogens with one attached hydrogen (secondary N) is 1. The summed E-state index contributed by atoms with van der Waals surface area (Å²) in [5.41, 5.74) is -0.263. The third kappa shape index (κ3) is 3.97. The summed E-state index contributed by atoms with van der Waals surface area (Å²) in [6, 6.07) is 5.95. The van der Waals surface area contributed by atoms with Gasteiger partial charge in [-0.1, -0.05) is 6.07 Å². The fraction of sp³-hybridized carbons (Fsp3) is 0.333. The van der Waals surface area contributed by atoms with Crippen LogP contribution in [0.4, 0.5) is 20.2 Å². The molecule has 1 saturated heterocycles. The molecule has 2 aromatic rings. The first-order valence-electron chi connectivity index (χ1n) is 8.70. The maximum atomic E-state index is 14.0. The zero-order valence-electron chi connectivity index (χ0n) is 15.1. The highest BCUT2D eigenvalue weighted by atomic mass is 32.2. The number of hydrogen-bond acceptors (Lipinski definition) is 5. The number of nitrogens with zero attached hydrogens (tertiary/aromatic N) is 2. The average molecular weight is 411 g/mol. The van der Waals surface area contributed by atoms with E-state index in [9.17, 15) is 27.3 Å². The molecule has 0 aromatic heterocycles. The van der Waals surface area contributed by atoms with Crippen LogP contribution < -0.4 is 5.32 Å². The van der Waals surface area contributed by atoms with Crippen molar-refractivity contribution in [2.45, 2.75) is 30.7 Å². The average Bonchev–Trinajstić information content (AvgIpc) is 3.17. The van der Waals surface area contributed by atoms with Crippen molar-refractivity contribution < 1.29 is 22.1 Å². The summed E-state index contributed by atoms with van der Waals surface area (Å²) in [6.07, 6.45) is 1.50. The van der Waals surface area contributed by atoms with Crippen LogP contribution in [0.15, 0.2) is 41.3 Å². The number of sulfonamides is 1. The molecule has 0 spiro atoms. The van der Waals surface area contributed by atoms with Crippen molar-refractivity contribution in [2.24, 2.45) is 0 Å². The molecule has 0 amide bonds. The minimum Gasteiger partial charge on any atom is -0.373 e. The highest BCUT2D eigenvalue weighted by molar-refractivity contribution is 7.89. The van der Waals surface area contributed by atoms with Crippen molar-refractivity contribution in [3.8, 4) is 0 Å².